The van der Waals surface area contributed by atoms with Crippen LogP contribution >= 0.6 is 0 Å². The smallest absolute Gasteiger partial charge is 0.227 e. The van der Waals surface area contributed by atoms with Crippen molar-refractivity contribution in [1.82, 2.24) is 4.90 Å². The Bertz CT molecular complexity index is 644. The minimum Gasteiger partial charge on any atom is -0.372 e. The fraction of sp³-hybridized carbons (Fsp3) is 0.652. The van der Waals surface area contributed by atoms with Gasteiger partial charge in [0.1, 0.15) is 0 Å². The fourth-order valence-electron chi connectivity index (χ4n) is 4.39. The summed E-state index contributed by atoms with van der Waals surface area (Å²) < 4.78 is 0. The van der Waals surface area contributed by atoms with Crippen LogP contribution in [-0.4, -0.2) is 43.4 Å². The van der Waals surface area contributed by atoms with E-state index in [0.717, 1.165) is 63.8 Å². The number of anilines is 2. The van der Waals surface area contributed by atoms with Crippen LogP contribution in [0.3, 0.4) is 0 Å². The average molecular weight is 386 g/mol. The van der Waals surface area contributed by atoms with Gasteiger partial charge in [0.25, 0.3) is 0 Å². The van der Waals surface area contributed by atoms with Crippen molar-refractivity contribution in [2.75, 3.05) is 36.9 Å². The van der Waals surface area contributed by atoms with Crippen molar-refractivity contribution in [3.05, 3.63) is 24.3 Å². The third-order valence-electron chi connectivity index (χ3n) is 6.28. The second kappa shape index (κ2) is 9.94. The first-order valence-corrected chi connectivity index (χ1v) is 11.0. The van der Waals surface area contributed by atoms with Crippen molar-refractivity contribution in [3.63, 3.8) is 0 Å². The average Bonchev–Trinajstić information content (AvgIpc) is 3.27. The second-order valence-corrected chi connectivity index (χ2v) is 8.39. The molecule has 1 aromatic rings. The van der Waals surface area contributed by atoms with E-state index in [-0.39, 0.29) is 23.7 Å². The molecule has 1 saturated carbocycles. The molecule has 0 radical (unpaired) electrons. The van der Waals surface area contributed by atoms with Crippen LogP contribution in [0.2, 0.25) is 0 Å². The van der Waals surface area contributed by atoms with E-state index >= 15 is 0 Å². The summed E-state index contributed by atoms with van der Waals surface area (Å²) >= 11 is 0. The second-order valence-electron chi connectivity index (χ2n) is 8.39. The topological polar surface area (TPSA) is 52.7 Å². The zero-order valence-corrected chi connectivity index (χ0v) is 17.5. The predicted molar refractivity (Wildman–Crippen MR) is 115 cm³/mol. The number of unbranched alkanes of at least 4 members (excludes halogenated alkanes) is 1. The Hall–Kier alpha value is -2.04. The van der Waals surface area contributed by atoms with Crippen LogP contribution < -0.4 is 10.2 Å². The van der Waals surface area contributed by atoms with Crippen LogP contribution in [-0.2, 0) is 9.59 Å². The normalized spacial score (nSPS) is 22.1. The number of amides is 2. The molecule has 28 heavy (non-hydrogen) atoms. The van der Waals surface area contributed by atoms with Crippen LogP contribution in [0.15, 0.2) is 24.3 Å². The van der Waals surface area contributed by atoms with Crippen molar-refractivity contribution in [3.8, 4) is 0 Å². The molecule has 3 rings (SSSR count). The monoisotopic (exact) mass is 385 g/mol. The number of hydrogen-bond acceptors (Lipinski definition) is 3. The first-order chi connectivity index (χ1) is 13.6. The highest BCUT2D eigenvalue weighted by Gasteiger charge is 2.31. The molecule has 1 aromatic carbocycles. The lowest BCUT2D eigenvalue weighted by atomic mass is 9.81. The summed E-state index contributed by atoms with van der Waals surface area (Å²) in [6, 6.07) is 8.21. The van der Waals surface area contributed by atoms with Gasteiger partial charge in [-0.15, -0.1) is 0 Å². The third kappa shape index (κ3) is 5.27. The van der Waals surface area contributed by atoms with Gasteiger partial charge in [0.2, 0.25) is 11.8 Å². The van der Waals surface area contributed by atoms with Gasteiger partial charge in [-0.1, -0.05) is 13.3 Å². The number of nitrogens with zero attached hydrogens (tertiary/aromatic N) is 2. The molecule has 154 valence electrons. The first-order valence-electron chi connectivity index (χ1n) is 11.0. The molecular weight excluding hydrogens is 350 g/mol. The third-order valence-corrected chi connectivity index (χ3v) is 6.28. The first kappa shape index (κ1) is 20.7. The van der Waals surface area contributed by atoms with E-state index < -0.39 is 0 Å². The molecule has 1 saturated heterocycles. The van der Waals surface area contributed by atoms with Gasteiger partial charge < -0.3 is 15.1 Å². The number of hydrogen-bond donors (Lipinski definition) is 1. The van der Waals surface area contributed by atoms with Gasteiger partial charge in [-0.25, -0.2) is 0 Å². The Morgan fingerprint density at radius 2 is 1.64 bits per heavy atom. The highest BCUT2D eigenvalue weighted by molar-refractivity contribution is 5.93. The van der Waals surface area contributed by atoms with Crippen molar-refractivity contribution >= 4 is 23.2 Å². The van der Waals surface area contributed by atoms with E-state index in [1.54, 1.807) is 0 Å². The largest absolute Gasteiger partial charge is 0.372 e. The van der Waals surface area contributed by atoms with E-state index in [1.165, 1.54) is 18.5 Å². The Kier molecular flexibility index (Phi) is 7.35. The lowest BCUT2D eigenvalue weighted by Gasteiger charge is -2.30. The van der Waals surface area contributed by atoms with E-state index in [9.17, 15) is 9.59 Å². The van der Waals surface area contributed by atoms with E-state index in [1.807, 2.05) is 24.1 Å². The molecule has 1 aliphatic heterocycles. The van der Waals surface area contributed by atoms with Crippen molar-refractivity contribution < 1.29 is 9.59 Å². The molecule has 0 spiro atoms. The van der Waals surface area contributed by atoms with Gasteiger partial charge in [-0.2, -0.15) is 0 Å². The standard InChI is InChI=1S/C23H35N3O2/c1-3-4-15-25(2)23(28)19-9-7-18(8-10-19)22(27)24-20-11-13-21(14-12-20)26-16-5-6-17-26/h11-14,18-19H,3-10,15-17H2,1-2H3,(H,24,27). The summed E-state index contributed by atoms with van der Waals surface area (Å²) in [4.78, 5) is 29.4. The molecular formula is C23H35N3O2. The lowest BCUT2D eigenvalue weighted by Crippen LogP contribution is -2.37. The van der Waals surface area contributed by atoms with Crippen molar-refractivity contribution in [2.24, 2.45) is 11.8 Å². The summed E-state index contributed by atoms with van der Waals surface area (Å²) in [6.07, 6.45) is 7.92. The van der Waals surface area contributed by atoms with Gasteiger partial charge in [-0.3, -0.25) is 9.59 Å². The number of benzene rings is 1. The maximum Gasteiger partial charge on any atom is 0.227 e. The molecule has 1 aliphatic carbocycles. The number of nitrogens with one attached hydrogen (secondary N) is 1. The van der Waals surface area contributed by atoms with E-state index in [0.29, 0.717) is 0 Å². The molecule has 0 unspecified atom stereocenters. The lowest BCUT2D eigenvalue weighted by molar-refractivity contribution is -0.136. The summed E-state index contributed by atoms with van der Waals surface area (Å²) in [5, 5.41) is 3.07. The molecule has 0 bridgehead atoms. The molecule has 1 heterocycles. The minimum atomic E-state index is 0.0169. The fourth-order valence-corrected chi connectivity index (χ4v) is 4.39. The Morgan fingerprint density at radius 1 is 1.04 bits per heavy atom. The number of carbonyl (C=O) groups excluding carboxylic acids is 2. The molecule has 1 N–H and O–H groups in total. The molecule has 5 heteroatoms. The predicted octanol–water partition coefficient (Wildman–Crippen LogP) is 4.29. The Balaban J connectivity index is 1.45. The van der Waals surface area contributed by atoms with Crippen LogP contribution in [0.4, 0.5) is 11.4 Å². The zero-order valence-electron chi connectivity index (χ0n) is 17.5. The van der Waals surface area contributed by atoms with Crippen molar-refractivity contribution in [2.45, 2.75) is 58.3 Å². The Labute approximate surface area is 169 Å². The van der Waals surface area contributed by atoms with Gasteiger partial charge in [0.15, 0.2) is 0 Å². The van der Waals surface area contributed by atoms with E-state index in [4.69, 9.17) is 0 Å². The van der Waals surface area contributed by atoms with E-state index in [2.05, 4.69) is 29.3 Å². The van der Waals surface area contributed by atoms with Crippen LogP contribution in [0.1, 0.15) is 58.3 Å². The summed E-state index contributed by atoms with van der Waals surface area (Å²) in [6.45, 7) is 5.23. The van der Waals surface area contributed by atoms with Crippen molar-refractivity contribution in [1.29, 1.82) is 0 Å². The molecule has 0 atom stereocenters. The molecule has 0 aromatic heterocycles. The Morgan fingerprint density at radius 3 is 2.25 bits per heavy atom. The summed E-state index contributed by atoms with van der Waals surface area (Å²) in [7, 11) is 1.91. The van der Waals surface area contributed by atoms with Crippen LogP contribution in [0, 0.1) is 11.8 Å². The van der Waals surface area contributed by atoms with Gasteiger partial charge in [0, 0.05) is 49.9 Å². The SMILES string of the molecule is CCCCN(C)C(=O)C1CCC(C(=O)Nc2ccc(N3CCCC3)cc2)CC1. The van der Waals surface area contributed by atoms with Gasteiger partial charge >= 0.3 is 0 Å². The van der Waals surface area contributed by atoms with Crippen LogP contribution in [0.5, 0.6) is 0 Å². The maximum absolute atomic E-state index is 12.6. The van der Waals surface area contributed by atoms with Crippen LogP contribution in [0.25, 0.3) is 0 Å². The van der Waals surface area contributed by atoms with Gasteiger partial charge in [0.05, 0.1) is 0 Å². The highest BCUT2D eigenvalue weighted by Crippen LogP contribution is 2.31. The molecule has 2 fully saturated rings. The number of carbonyl (C=O) groups is 2. The number of rotatable bonds is 7. The maximum atomic E-state index is 12.6. The molecule has 2 aliphatic rings. The quantitative estimate of drug-likeness (QED) is 0.762. The molecule has 2 amide bonds. The zero-order chi connectivity index (χ0) is 19.9. The highest BCUT2D eigenvalue weighted by atomic mass is 16.2. The summed E-state index contributed by atoms with van der Waals surface area (Å²) in [5.74, 6) is 0.456. The summed E-state index contributed by atoms with van der Waals surface area (Å²) in [5.41, 5.74) is 2.10. The van der Waals surface area contributed by atoms with Gasteiger partial charge in [-0.05, 0) is 69.2 Å². The molecule has 5 nitrogen and oxygen atoms in total. The minimum absolute atomic E-state index is 0.0169.